The molecule has 0 radical (unpaired) electrons. The second-order valence-electron chi connectivity index (χ2n) is 3.46. The van der Waals surface area contributed by atoms with Gasteiger partial charge in [0.25, 0.3) is 0 Å². The van der Waals surface area contributed by atoms with Gasteiger partial charge in [-0.15, -0.1) is 0 Å². The number of phosphoric ester groups is 1. The van der Waals surface area contributed by atoms with Gasteiger partial charge in [-0.2, -0.15) is 0 Å². The highest BCUT2D eigenvalue weighted by molar-refractivity contribution is 7.47. The Labute approximate surface area is 108 Å². The van der Waals surface area contributed by atoms with E-state index in [0.29, 0.717) is 0 Å². The third-order valence-corrected chi connectivity index (χ3v) is 2.59. The maximum absolute atomic E-state index is 11.2. The van der Waals surface area contributed by atoms with Crippen LogP contribution in [0.5, 0.6) is 0 Å². The third-order valence-electron chi connectivity index (χ3n) is 1.64. The molecule has 0 aromatic heterocycles. The van der Waals surface area contributed by atoms with Crippen LogP contribution >= 0.6 is 7.82 Å². The molecule has 5 N–H and O–H groups in total. The Morgan fingerprint density at radius 1 is 1.26 bits per heavy atom. The minimum atomic E-state index is -4.53. The van der Waals surface area contributed by atoms with E-state index in [1.54, 1.807) is 0 Å². The number of phosphoric acid groups is 1. The van der Waals surface area contributed by atoms with Gasteiger partial charge in [0, 0.05) is 6.92 Å². The van der Waals surface area contributed by atoms with Gasteiger partial charge in [-0.05, 0) is 0 Å². The lowest BCUT2D eigenvalue weighted by Gasteiger charge is -2.16. The number of hydrogen-bond acceptors (Lipinski definition) is 8. The summed E-state index contributed by atoms with van der Waals surface area (Å²) in [6.45, 7) is -0.655. The average molecular weight is 301 g/mol. The van der Waals surface area contributed by atoms with Crippen molar-refractivity contribution in [2.75, 3.05) is 19.8 Å². The molecule has 0 saturated carbocycles. The minimum absolute atomic E-state index is 0.413. The van der Waals surface area contributed by atoms with Crippen molar-refractivity contribution in [1.82, 2.24) is 0 Å². The number of aliphatic hydroxyl groups excluding tert-OH is 1. The van der Waals surface area contributed by atoms with Crippen LogP contribution in [0.25, 0.3) is 0 Å². The number of carbonyl (C=O) groups excluding carboxylic acids is 1. The third kappa shape index (κ3) is 9.54. The predicted molar refractivity (Wildman–Crippen MR) is 60.0 cm³/mol. The Kier molecular flexibility index (Phi) is 7.76. The molecule has 0 spiro atoms. The zero-order valence-corrected chi connectivity index (χ0v) is 11.0. The van der Waals surface area contributed by atoms with Gasteiger partial charge in [0.2, 0.25) is 0 Å². The first-order valence-corrected chi connectivity index (χ1v) is 6.55. The molecule has 0 aromatic rings. The molecule has 0 fully saturated rings. The number of ether oxygens (including phenoxy) is 1. The van der Waals surface area contributed by atoms with Crippen LogP contribution < -0.4 is 5.73 Å². The molecule has 0 aliphatic carbocycles. The standard InChI is InChI=1S/C8H16NO9P/c1-5(10)16-2-6(11)3-17-19(14,15)18-4-7(9)8(12)13/h6-7,11H,2-4,9H2,1H3,(H,12,13)(H,14,15)/t6-,7-/m0/s1. The van der Waals surface area contributed by atoms with E-state index in [1.807, 2.05) is 0 Å². The number of esters is 1. The maximum Gasteiger partial charge on any atom is 0.472 e. The molecule has 19 heavy (non-hydrogen) atoms. The summed E-state index contributed by atoms with van der Waals surface area (Å²) >= 11 is 0. The second kappa shape index (κ2) is 8.20. The van der Waals surface area contributed by atoms with E-state index >= 15 is 0 Å². The molecular weight excluding hydrogens is 285 g/mol. The highest BCUT2D eigenvalue weighted by atomic mass is 31.2. The largest absolute Gasteiger partial charge is 0.480 e. The van der Waals surface area contributed by atoms with E-state index in [1.165, 1.54) is 0 Å². The summed E-state index contributed by atoms with van der Waals surface area (Å²) in [5.74, 6) is -2.04. The van der Waals surface area contributed by atoms with Crippen molar-refractivity contribution in [2.24, 2.45) is 5.73 Å². The molecule has 0 saturated heterocycles. The minimum Gasteiger partial charge on any atom is -0.480 e. The van der Waals surface area contributed by atoms with Gasteiger partial charge in [-0.3, -0.25) is 18.6 Å². The Morgan fingerprint density at radius 3 is 2.26 bits per heavy atom. The first-order valence-electron chi connectivity index (χ1n) is 5.05. The molecule has 0 aromatic carbocycles. The van der Waals surface area contributed by atoms with Crippen LogP contribution in [0.1, 0.15) is 6.92 Å². The van der Waals surface area contributed by atoms with Crippen LogP contribution in [0.4, 0.5) is 0 Å². The summed E-state index contributed by atoms with van der Waals surface area (Å²) in [6, 6.07) is -1.48. The van der Waals surface area contributed by atoms with E-state index in [4.69, 9.17) is 15.7 Å². The Hall–Kier alpha value is -1.03. The molecule has 0 aliphatic heterocycles. The summed E-state index contributed by atoms with van der Waals surface area (Å²) in [5, 5.41) is 17.6. The van der Waals surface area contributed by atoms with Crippen LogP contribution in [0.2, 0.25) is 0 Å². The van der Waals surface area contributed by atoms with Crippen molar-refractivity contribution >= 4 is 19.8 Å². The van der Waals surface area contributed by atoms with Gasteiger partial charge < -0.3 is 25.6 Å². The molecular formula is C8H16NO9P. The summed E-state index contributed by atoms with van der Waals surface area (Å²) < 4.78 is 24.3. The van der Waals surface area contributed by atoms with Crippen LogP contribution in [-0.2, 0) is 27.9 Å². The molecule has 0 aliphatic rings. The number of hydrogen-bond donors (Lipinski definition) is 4. The van der Waals surface area contributed by atoms with E-state index in [2.05, 4.69) is 13.8 Å². The normalized spacial score (nSPS) is 17.3. The molecule has 112 valence electrons. The van der Waals surface area contributed by atoms with Crippen molar-refractivity contribution in [3.8, 4) is 0 Å². The first kappa shape index (κ1) is 18.0. The smallest absolute Gasteiger partial charge is 0.472 e. The number of aliphatic carboxylic acids is 1. The summed E-state index contributed by atoms with van der Waals surface area (Å²) in [5.41, 5.74) is 5.04. The molecule has 1 unspecified atom stereocenters. The van der Waals surface area contributed by atoms with Crippen molar-refractivity contribution < 1.29 is 43.0 Å². The fraction of sp³-hybridized carbons (Fsp3) is 0.750. The Morgan fingerprint density at radius 2 is 1.79 bits per heavy atom. The van der Waals surface area contributed by atoms with Crippen molar-refractivity contribution in [3.05, 3.63) is 0 Å². The highest BCUT2D eigenvalue weighted by Gasteiger charge is 2.25. The highest BCUT2D eigenvalue weighted by Crippen LogP contribution is 2.43. The summed E-state index contributed by atoms with van der Waals surface area (Å²) in [4.78, 5) is 29.9. The summed E-state index contributed by atoms with van der Waals surface area (Å²) in [7, 11) is -4.53. The van der Waals surface area contributed by atoms with Crippen molar-refractivity contribution in [3.63, 3.8) is 0 Å². The lowest BCUT2D eigenvalue weighted by Crippen LogP contribution is -2.34. The van der Waals surface area contributed by atoms with Gasteiger partial charge in [0.05, 0.1) is 13.2 Å². The monoisotopic (exact) mass is 301 g/mol. The summed E-state index contributed by atoms with van der Waals surface area (Å²) in [6.07, 6.45) is -1.32. The van der Waals surface area contributed by atoms with Gasteiger partial charge in [0.1, 0.15) is 18.8 Å². The van der Waals surface area contributed by atoms with E-state index in [0.717, 1.165) is 6.92 Å². The fourth-order valence-electron chi connectivity index (χ4n) is 0.725. The lowest BCUT2D eigenvalue weighted by molar-refractivity contribution is -0.144. The van der Waals surface area contributed by atoms with Crippen molar-refractivity contribution in [1.29, 1.82) is 0 Å². The quantitative estimate of drug-likeness (QED) is 0.289. The zero-order chi connectivity index (χ0) is 15.1. The second-order valence-corrected chi connectivity index (χ2v) is 4.91. The van der Waals surface area contributed by atoms with Crippen LogP contribution in [0, 0.1) is 0 Å². The van der Waals surface area contributed by atoms with Gasteiger partial charge in [-0.1, -0.05) is 0 Å². The van der Waals surface area contributed by atoms with Crippen LogP contribution in [0.3, 0.4) is 0 Å². The van der Waals surface area contributed by atoms with E-state index in [-0.39, 0.29) is 0 Å². The van der Waals surface area contributed by atoms with Gasteiger partial charge >= 0.3 is 19.8 Å². The van der Waals surface area contributed by atoms with Crippen LogP contribution in [0.15, 0.2) is 0 Å². The molecule has 10 nitrogen and oxygen atoms in total. The Balaban J connectivity index is 3.99. The van der Waals surface area contributed by atoms with Crippen LogP contribution in [-0.4, -0.2) is 59.0 Å². The zero-order valence-electron chi connectivity index (χ0n) is 10.1. The number of carbonyl (C=O) groups is 2. The lowest BCUT2D eigenvalue weighted by atomic mass is 10.3. The molecule has 0 heterocycles. The van der Waals surface area contributed by atoms with Crippen molar-refractivity contribution in [2.45, 2.75) is 19.1 Å². The van der Waals surface area contributed by atoms with Gasteiger partial charge in [0.15, 0.2) is 0 Å². The molecule has 11 heteroatoms. The number of carboxylic acids is 1. The average Bonchev–Trinajstić information content (AvgIpc) is 2.30. The molecule has 3 atom stereocenters. The number of rotatable bonds is 9. The SMILES string of the molecule is CC(=O)OC[C@H](O)COP(=O)(O)OC[C@H](N)C(=O)O. The number of nitrogens with two attached hydrogens (primary N) is 1. The maximum atomic E-state index is 11.2. The number of aliphatic hydroxyl groups is 1. The number of carboxylic acid groups (broad SMARTS) is 1. The Bertz CT molecular complexity index is 360. The van der Waals surface area contributed by atoms with Gasteiger partial charge in [-0.25, -0.2) is 4.57 Å². The van der Waals surface area contributed by atoms with E-state index < -0.39 is 51.7 Å². The first-order chi connectivity index (χ1) is 8.64. The fourth-order valence-corrected chi connectivity index (χ4v) is 1.51. The topological polar surface area (TPSA) is 166 Å². The molecule has 0 bridgehead atoms. The van der Waals surface area contributed by atoms with E-state index in [9.17, 15) is 19.3 Å². The molecule has 0 amide bonds. The predicted octanol–water partition coefficient (Wildman–Crippen LogP) is -1.54. The molecule has 0 rings (SSSR count).